The number of phenolic OH excluding ortho intramolecular Hbond substituents is 1. The number of phenols is 1. The van der Waals surface area contributed by atoms with Crippen LogP contribution in [-0.4, -0.2) is 51.7 Å². The monoisotopic (exact) mass is 329 g/mol. The first kappa shape index (κ1) is 14.7. The molecule has 128 valence electrons. The lowest BCUT2D eigenvalue weighted by Gasteiger charge is -2.62. The largest absolute Gasteiger partial charge is 0.504 e. The fraction of sp³-hybridized carbons (Fsp3) is 0.632. The molecule has 1 aromatic rings. The summed E-state index contributed by atoms with van der Waals surface area (Å²) in [4.78, 5) is 15.0. The standard InChI is InChI=1S/C19H23NO4/c1-2-8-20-9-7-18-15-11-3-4-12(21)16(15)24-17(18)13(22)5-6-19(18,23)14(20)10-11/h3-4,14,17,21,23H,2,5-10H2,1H3/t14-,17+,18-,19+/m0/s1. The number of carbonyl (C=O) groups excluding carboxylic acids is 1. The Bertz CT molecular complexity index is 747. The molecule has 0 aromatic heterocycles. The number of ketones is 1. The quantitative estimate of drug-likeness (QED) is 0.861. The lowest BCUT2D eigenvalue weighted by molar-refractivity contribution is -0.188. The molecule has 0 unspecified atom stereocenters. The summed E-state index contributed by atoms with van der Waals surface area (Å²) in [6, 6.07) is 3.63. The van der Waals surface area contributed by atoms with Crippen LogP contribution in [0.1, 0.15) is 43.7 Å². The van der Waals surface area contributed by atoms with Gasteiger partial charge in [-0.1, -0.05) is 13.0 Å². The Morgan fingerprint density at radius 3 is 3.00 bits per heavy atom. The van der Waals surface area contributed by atoms with Gasteiger partial charge in [0, 0.05) is 18.0 Å². The third kappa shape index (κ3) is 1.43. The van der Waals surface area contributed by atoms with Crippen molar-refractivity contribution in [2.24, 2.45) is 0 Å². The number of benzene rings is 1. The molecule has 0 radical (unpaired) electrons. The minimum Gasteiger partial charge on any atom is -0.504 e. The maximum absolute atomic E-state index is 12.6. The van der Waals surface area contributed by atoms with Gasteiger partial charge in [0.1, 0.15) is 0 Å². The molecule has 2 heterocycles. The summed E-state index contributed by atoms with van der Waals surface area (Å²) in [7, 11) is 0. The van der Waals surface area contributed by atoms with E-state index in [4.69, 9.17) is 4.74 Å². The van der Waals surface area contributed by atoms with E-state index in [2.05, 4.69) is 11.8 Å². The molecule has 5 heteroatoms. The molecule has 5 rings (SSSR count). The summed E-state index contributed by atoms with van der Waals surface area (Å²) < 4.78 is 6.00. The van der Waals surface area contributed by atoms with Gasteiger partial charge in [0.2, 0.25) is 0 Å². The topological polar surface area (TPSA) is 70.0 Å². The van der Waals surface area contributed by atoms with Gasteiger partial charge in [0.25, 0.3) is 0 Å². The summed E-state index contributed by atoms with van der Waals surface area (Å²) in [5.41, 5.74) is 0.398. The third-order valence-electron chi connectivity index (χ3n) is 6.88. The van der Waals surface area contributed by atoms with Gasteiger partial charge in [-0.25, -0.2) is 0 Å². The van der Waals surface area contributed by atoms with Crippen molar-refractivity contribution >= 4 is 5.78 Å². The zero-order valence-corrected chi connectivity index (χ0v) is 13.9. The van der Waals surface area contributed by atoms with Crippen molar-refractivity contribution in [3.05, 3.63) is 23.3 Å². The molecule has 1 saturated carbocycles. The Balaban J connectivity index is 1.78. The highest BCUT2D eigenvalue weighted by Crippen LogP contribution is 2.64. The number of aromatic hydroxyl groups is 1. The predicted molar refractivity (Wildman–Crippen MR) is 87.4 cm³/mol. The first-order valence-electron chi connectivity index (χ1n) is 9.04. The van der Waals surface area contributed by atoms with E-state index >= 15 is 0 Å². The fourth-order valence-electron chi connectivity index (χ4n) is 5.97. The molecule has 1 spiro atoms. The Hall–Kier alpha value is -1.59. The highest BCUT2D eigenvalue weighted by molar-refractivity contribution is 5.90. The van der Waals surface area contributed by atoms with Gasteiger partial charge in [-0.2, -0.15) is 0 Å². The van der Waals surface area contributed by atoms with Crippen LogP contribution < -0.4 is 4.74 Å². The van der Waals surface area contributed by atoms with Gasteiger partial charge >= 0.3 is 0 Å². The predicted octanol–water partition coefficient (Wildman–Crippen LogP) is 1.53. The molecule has 4 aliphatic rings. The van der Waals surface area contributed by atoms with Crippen LogP contribution in [-0.2, 0) is 16.6 Å². The number of Topliss-reactive ketones (excluding diaryl/α,β-unsaturated/α-hetero) is 1. The number of piperidine rings is 1. The lowest BCUT2D eigenvalue weighted by Crippen LogP contribution is -2.76. The van der Waals surface area contributed by atoms with Gasteiger partial charge in [-0.05, 0) is 50.4 Å². The summed E-state index contributed by atoms with van der Waals surface area (Å²) >= 11 is 0. The van der Waals surface area contributed by atoms with E-state index in [1.54, 1.807) is 6.07 Å². The van der Waals surface area contributed by atoms with Gasteiger partial charge < -0.3 is 14.9 Å². The van der Waals surface area contributed by atoms with E-state index in [-0.39, 0.29) is 17.6 Å². The van der Waals surface area contributed by atoms with E-state index in [9.17, 15) is 15.0 Å². The van der Waals surface area contributed by atoms with Gasteiger partial charge in [0.05, 0.1) is 11.0 Å². The number of hydrogen-bond donors (Lipinski definition) is 2. The smallest absolute Gasteiger partial charge is 0.174 e. The first-order chi connectivity index (χ1) is 11.5. The SMILES string of the molecule is CCCN1CC[C@]23c4c5ccc(O)c4O[C@@H]2C(=O)CC[C@@]3(O)[C@@H]1C5. The third-order valence-corrected chi connectivity index (χ3v) is 6.88. The number of nitrogens with zero attached hydrogens (tertiary/aromatic N) is 1. The second-order valence-corrected chi connectivity index (χ2v) is 7.81. The Labute approximate surface area is 141 Å². The minimum atomic E-state index is -0.953. The zero-order valence-electron chi connectivity index (χ0n) is 13.9. The van der Waals surface area contributed by atoms with E-state index in [0.29, 0.717) is 25.0 Å². The highest BCUT2D eigenvalue weighted by atomic mass is 16.5. The molecule has 2 aliphatic carbocycles. The van der Waals surface area contributed by atoms with E-state index in [0.717, 1.165) is 37.1 Å². The maximum Gasteiger partial charge on any atom is 0.174 e. The van der Waals surface area contributed by atoms with Crippen LogP contribution in [0.25, 0.3) is 0 Å². The molecular formula is C19H23NO4. The fourth-order valence-corrected chi connectivity index (χ4v) is 5.97. The van der Waals surface area contributed by atoms with Crippen molar-refractivity contribution in [1.82, 2.24) is 4.90 Å². The van der Waals surface area contributed by atoms with Crippen LogP contribution in [0.3, 0.4) is 0 Å². The summed E-state index contributed by atoms with van der Waals surface area (Å²) in [5.74, 6) is 0.585. The average Bonchev–Trinajstić information content (AvgIpc) is 2.91. The molecule has 2 bridgehead atoms. The number of carbonyl (C=O) groups is 1. The lowest BCUT2D eigenvalue weighted by atomic mass is 9.49. The van der Waals surface area contributed by atoms with E-state index in [1.165, 1.54) is 0 Å². The van der Waals surface area contributed by atoms with Gasteiger partial charge in [0.15, 0.2) is 23.4 Å². The molecule has 4 atom stereocenters. The Morgan fingerprint density at radius 1 is 1.38 bits per heavy atom. The summed E-state index contributed by atoms with van der Waals surface area (Å²) in [6.45, 7) is 3.98. The number of hydrogen-bond acceptors (Lipinski definition) is 5. The van der Waals surface area contributed by atoms with Crippen LogP contribution in [0, 0.1) is 0 Å². The molecule has 24 heavy (non-hydrogen) atoms. The Morgan fingerprint density at radius 2 is 2.21 bits per heavy atom. The first-order valence-corrected chi connectivity index (χ1v) is 9.04. The molecule has 0 amide bonds. The van der Waals surface area contributed by atoms with Crippen molar-refractivity contribution < 1.29 is 19.7 Å². The van der Waals surface area contributed by atoms with Crippen molar-refractivity contribution in [3.8, 4) is 11.5 Å². The Kier molecular flexibility index (Phi) is 2.78. The van der Waals surface area contributed by atoms with Crippen LogP contribution in [0.4, 0.5) is 0 Å². The second-order valence-electron chi connectivity index (χ2n) is 7.81. The maximum atomic E-state index is 12.6. The van der Waals surface area contributed by atoms with Gasteiger partial charge in [-0.3, -0.25) is 9.69 Å². The summed E-state index contributed by atoms with van der Waals surface area (Å²) in [5, 5.41) is 22.1. The zero-order chi connectivity index (χ0) is 16.7. The number of ether oxygens (including phenoxy) is 1. The molecule has 1 aromatic carbocycles. The highest BCUT2D eigenvalue weighted by Gasteiger charge is 2.72. The molecule has 2 fully saturated rings. The minimum absolute atomic E-state index is 0.0217. The normalized spacial score (nSPS) is 39.5. The molecular weight excluding hydrogens is 306 g/mol. The van der Waals surface area contributed by atoms with Gasteiger partial charge in [-0.15, -0.1) is 0 Å². The van der Waals surface area contributed by atoms with E-state index < -0.39 is 17.1 Å². The molecule has 5 nitrogen and oxygen atoms in total. The second kappa shape index (κ2) is 4.52. The molecule has 2 N–H and O–H groups in total. The number of likely N-dealkylation sites (tertiary alicyclic amines) is 1. The average molecular weight is 329 g/mol. The van der Waals surface area contributed by atoms with Crippen molar-refractivity contribution in [1.29, 1.82) is 0 Å². The van der Waals surface area contributed by atoms with Crippen molar-refractivity contribution in [2.45, 2.75) is 62.2 Å². The van der Waals surface area contributed by atoms with Crippen molar-refractivity contribution in [2.75, 3.05) is 13.1 Å². The van der Waals surface area contributed by atoms with Crippen LogP contribution in [0.5, 0.6) is 11.5 Å². The number of aliphatic hydroxyl groups is 1. The molecule has 1 saturated heterocycles. The molecule has 2 aliphatic heterocycles. The summed E-state index contributed by atoms with van der Waals surface area (Å²) in [6.07, 6.45) is 2.70. The van der Waals surface area contributed by atoms with Crippen LogP contribution >= 0.6 is 0 Å². The van der Waals surface area contributed by atoms with E-state index in [1.807, 2.05) is 6.07 Å². The number of rotatable bonds is 2. The van der Waals surface area contributed by atoms with Crippen LogP contribution in [0.15, 0.2) is 12.1 Å². The van der Waals surface area contributed by atoms with Crippen LogP contribution in [0.2, 0.25) is 0 Å². The van der Waals surface area contributed by atoms with Crippen molar-refractivity contribution in [3.63, 3.8) is 0 Å².